The molecule has 1 unspecified atom stereocenters. The highest BCUT2D eigenvalue weighted by Gasteiger charge is 2.41. The summed E-state index contributed by atoms with van der Waals surface area (Å²) >= 11 is 0. The first-order valence-electron chi connectivity index (χ1n) is 35.7. The van der Waals surface area contributed by atoms with E-state index >= 15 is 13.2 Å². The van der Waals surface area contributed by atoms with Crippen LogP contribution < -0.4 is 16.0 Å². The van der Waals surface area contributed by atoms with Gasteiger partial charge in [-0.25, -0.2) is 27.6 Å². The van der Waals surface area contributed by atoms with Crippen LogP contribution in [0.25, 0.3) is 0 Å². The SMILES string of the molecule is C#Cc1ccc(C2(F)CCN(C(=O)c3cc(NC(=O)OC4CCN(C(C)=O)C4)ccc3C)CC2)cc1.C#Cc1ccc(C2(F)CCN(C(=O)c3cc(NC(=O)OC[C@H]4CCCO4)c(CC)cc3C)CC2)cc1.C#Cc1ccc(C2(F)CCN(C(=O)c3cc(NC(=O)O[C@@H]4CCOC4)ccc3C)CC2)cc1. The Morgan fingerprint density at radius 2 is 0.933 bits per heavy atom. The Kier molecular flexibility index (Phi) is 25.5. The van der Waals surface area contributed by atoms with E-state index in [-0.39, 0.29) is 100 Å². The minimum atomic E-state index is -1.51. The number of hydrogen-bond acceptors (Lipinski definition) is 12. The number of likely N-dealkylation sites (tertiary alicyclic amines) is 4. The summed E-state index contributed by atoms with van der Waals surface area (Å²) in [7, 11) is 0. The number of halogens is 3. The number of hydrogen-bond donors (Lipinski definition) is 3. The number of rotatable bonds is 14. The fourth-order valence-electron chi connectivity index (χ4n) is 13.8. The maximum absolute atomic E-state index is 15.7. The summed E-state index contributed by atoms with van der Waals surface area (Å²) in [4.78, 5) is 94.9. The van der Waals surface area contributed by atoms with Gasteiger partial charge in [0.2, 0.25) is 5.91 Å². The number of nitrogens with zero attached hydrogens (tertiary/aromatic N) is 4. The Hall–Kier alpha value is -10.6. The summed E-state index contributed by atoms with van der Waals surface area (Å²) in [5.74, 6) is 7.00. The second kappa shape index (κ2) is 34.8. The molecule has 0 spiro atoms. The van der Waals surface area contributed by atoms with Gasteiger partial charge in [-0.05, 0) is 146 Å². The number of benzene rings is 6. The van der Waals surface area contributed by atoms with Gasteiger partial charge in [-0.2, -0.15) is 0 Å². The van der Waals surface area contributed by atoms with E-state index in [2.05, 4.69) is 33.7 Å². The quantitative estimate of drug-likeness (QED) is 0.0686. The van der Waals surface area contributed by atoms with Crippen LogP contribution >= 0.6 is 0 Å². The van der Waals surface area contributed by atoms with E-state index < -0.39 is 35.3 Å². The second-order valence-corrected chi connectivity index (χ2v) is 27.5. The molecule has 6 aliphatic rings. The van der Waals surface area contributed by atoms with Gasteiger partial charge in [0.1, 0.15) is 35.8 Å². The van der Waals surface area contributed by atoms with Gasteiger partial charge in [0.25, 0.3) is 17.7 Å². The average Bonchev–Trinajstić information content (AvgIpc) is 1.79. The van der Waals surface area contributed by atoms with Crippen molar-refractivity contribution in [2.75, 3.05) is 94.7 Å². The Morgan fingerprint density at radius 1 is 0.505 bits per heavy atom. The molecule has 0 bridgehead atoms. The lowest BCUT2D eigenvalue weighted by Crippen LogP contribution is -2.43. The Labute approximate surface area is 612 Å². The molecule has 0 saturated carbocycles. The normalized spacial score (nSPS) is 19.1. The van der Waals surface area contributed by atoms with E-state index in [0.29, 0.717) is 145 Å². The van der Waals surface area contributed by atoms with Crippen molar-refractivity contribution in [1.82, 2.24) is 19.6 Å². The van der Waals surface area contributed by atoms with E-state index in [1.54, 1.807) is 135 Å². The fraction of sp³-hybridized carbons (Fsp3) is 0.410. The lowest BCUT2D eigenvalue weighted by molar-refractivity contribution is -0.128. The molecule has 3 N–H and O–H groups in total. The minimum Gasteiger partial charge on any atom is -0.447 e. The van der Waals surface area contributed by atoms with Gasteiger partial charge in [0.05, 0.1) is 25.9 Å². The molecule has 6 aromatic rings. The highest BCUT2D eigenvalue weighted by atomic mass is 19.2. The van der Waals surface area contributed by atoms with E-state index in [4.69, 9.17) is 43.0 Å². The van der Waals surface area contributed by atoms with Crippen molar-refractivity contribution in [2.24, 2.45) is 0 Å². The van der Waals surface area contributed by atoms with Gasteiger partial charge in [-0.15, -0.1) is 19.3 Å². The monoisotopic (exact) mass is 1430 g/mol. The maximum Gasteiger partial charge on any atom is 0.411 e. The Bertz CT molecular complexity index is 4260. The number of terminal acetylenes is 3. The summed E-state index contributed by atoms with van der Waals surface area (Å²) < 4.78 is 73.7. The third-order valence-corrected chi connectivity index (χ3v) is 20.4. The molecule has 550 valence electrons. The number of anilines is 3. The molecular weight excluding hydrogens is 1340 g/mol. The molecule has 6 aliphatic heterocycles. The average molecular weight is 1430 g/mol. The molecule has 0 radical (unpaired) electrons. The largest absolute Gasteiger partial charge is 0.447 e. The standard InChI is InChI=1S/C29H33FN2O4.C28H30FN3O4.C26H27FN2O4/c1-4-21-8-10-23(11-9-21)29(30)12-14-32(15-13-29)27(33)25-18-26(22(5-2)17-20(25)3)31-28(34)36-19-24-7-6-16-35-24;1-4-21-6-8-22(9-7-21)28(29)12-15-31(16-13-28)26(34)25-17-23(10-5-19(25)2)30-27(35)36-24-11-14-32(18-24)20(3)33;1-3-19-5-7-20(8-6-19)26(27)11-13-29(14-12-26)24(30)23-16-21(9-4-18(23)2)28-25(31)33-22-10-15-32-17-22/h1,8-11,17-18,24H,5-7,12-16,19H2,2-3H3,(H,31,34);1,5-10,17,24H,11-16,18H2,2-3H3,(H,30,35);1,4-9,16,22H,10-15,17H2,2H3,(H,28,31)/t24-;;22-/m1.1/s1. The van der Waals surface area contributed by atoms with Crippen LogP contribution in [0.15, 0.2) is 121 Å². The lowest BCUT2D eigenvalue weighted by atomic mass is 9.85. The molecule has 3 atom stereocenters. The summed E-state index contributed by atoms with van der Waals surface area (Å²) in [6, 6.07) is 34.6. The number of carbonyl (C=O) groups excluding carboxylic acids is 7. The molecule has 6 aromatic carbocycles. The van der Waals surface area contributed by atoms with E-state index in [9.17, 15) is 33.6 Å². The van der Waals surface area contributed by atoms with Gasteiger partial charge in [0, 0.05) is 161 Å². The van der Waals surface area contributed by atoms with E-state index in [0.717, 1.165) is 35.1 Å². The van der Waals surface area contributed by atoms with Crippen LogP contribution in [-0.2, 0) is 51.9 Å². The van der Waals surface area contributed by atoms with Crippen LogP contribution in [0.2, 0.25) is 0 Å². The van der Waals surface area contributed by atoms with Crippen LogP contribution in [0.1, 0.15) is 165 Å². The highest BCUT2D eigenvalue weighted by molar-refractivity contribution is 6.00. The van der Waals surface area contributed by atoms with Crippen molar-refractivity contribution in [3.05, 3.63) is 194 Å². The third kappa shape index (κ3) is 19.6. The predicted octanol–water partition coefficient (Wildman–Crippen LogP) is 14.0. The second-order valence-electron chi connectivity index (χ2n) is 27.5. The van der Waals surface area contributed by atoms with Crippen molar-refractivity contribution < 1.29 is 70.4 Å². The summed E-state index contributed by atoms with van der Waals surface area (Å²) in [6.45, 7) is 13.6. The molecule has 6 fully saturated rings. The highest BCUT2D eigenvalue weighted by Crippen LogP contribution is 2.41. The van der Waals surface area contributed by atoms with Crippen molar-refractivity contribution >= 4 is 59.0 Å². The van der Waals surface area contributed by atoms with Gasteiger partial charge in [-0.1, -0.05) is 79.3 Å². The van der Waals surface area contributed by atoms with Crippen molar-refractivity contribution in [3.63, 3.8) is 0 Å². The van der Waals surface area contributed by atoms with Gasteiger partial charge >= 0.3 is 18.3 Å². The molecule has 105 heavy (non-hydrogen) atoms. The molecule has 6 heterocycles. The van der Waals surface area contributed by atoms with Gasteiger partial charge in [-0.3, -0.25) is 35.1 Å². The van der Waals surface area contributed by atoms with Crippen LogP contribution in [-0.4, -0.2) is 159 Å². The van der Waals surface area contributed by atoms with Gasteiger partial charge < -0.3 is 43.3 Å². The molecule has 7 amide bonds. The molecular formula is C83H90F3N7O12. The molecule has 12 rings (SSSR count). The van der Waals surface area contributed by atoms with Gasteiger partial charge in [0.15, 0.2) is 0 Å². The first-order chi connectivity index (χ1) is 50.4. The minimum absolute atomic E-state index is 0.0484. The van der Waals surface area contributed by atoms with Crippen LogP contribution in [0.5, 0.6) is 0 Å². The number of alkyl halides is 3. The first kappa shape index (κ1) is 77.0. The summed E-state index contributed by atoms with van der Waals surface area (Å²) in [5.41, 5.74) is 5.50. The molecule has 6 saturated heterocycles. The zero-order valence-corrected chi connectivity index (χ0v) is 60.1. The van der Waals surface area contributed by atoms with E-state index in [1.807, 2.05) is 33.8 Å². The third-order valence-electron chi connectivity index (χ3n) is 20.4. The topological polar surface area (TPSA) is 215 Å². The Balaban J connectivity index is 0.000000169. The summed E-state index contributed by atoms with van der Waals surface area (Å²) in [5, 5.41) is 8.14. The van der Waals surface area contributed by atoms with Crippen LogP contribution in [0.4, 0.5) is 44.6 Å². The number of piperidine rings is 3. The number of nitrogens with one attached hydrogen (secondary N) is 3. The number of ether oxygens (including phenoxy) is 5. The van der Waals surface area contributed by atoms with Crippen molar-refractivity contribution in [3.8, 4) is 37.0 Å². The smallest absolute Gasteiger partial charge is 0.411 e. The molecule has 0 aliphatic carbocycles. The zero-order valence-electron chi connectivity index (χ0n) is 60.1. The van der Waals surface area contributed by atoms with E-state index in [1.165, 1.54) is 6.92 Å². The first-order valence-corrected chi connectivity index (χ1v) is 35.7. The number of amides is 7. The summed E-state index contributed by atoms with van der Waals surface area (Å²) in [6.07, 6.45) is 18.7. The van der Waals surface area contributed by atoms with Crippen molar-refractivity contribution in [1.29, 1.82) is 0 Å². The number of carbonyl (C=O) groups is 7. The molecule has 22 heteroatoms. The molecule has 19 nitrogen and oxygen atoms in total. The maximum atomic E-state index is 15.7. The molecule has 0 aromatic heterocycles. The van der Waals surface area contributed by atoms with Crippen LogP contribution in [0, 0.1) is 57.8 Å². The fourth-order valence-corrected chi connectivity index (χ4v) is 13.8. The van der Waals surface area contributed by atoms with Crippen LogP contribution in [0.3, 0.4) is 0 Å². The lowest BCUT2D eigenvalue weighted by Gasteiger charge is -2.37. The predicted molar refractivity (Wildman–Crippen MR) is 394 cm³/mol. The zero-order chi connectivity index (χ0) is 75.0. The Morgan fingerprint density at radius 3 is 1.30 bits per heavy atom. The number of aryl methyl sites for hydroxylation is 4. The van der Waals surface area contributed by atoms with Crippen molar-refractivity contribution in [2.45, 2.75) is 141 Å².